The molecule has 24 heavy (non-hydrogen) atoms. The van der Waals surface area contributed by atoms with Crippen LogP contribution in [0.2, 0.25) is 5.02 Å². The molecule has 1 saturated heterocycles. The average molecular weight is 344 g/mol. The first-order valence-electron chi connectivity index (χ1n) is 8.00. The van der Waals surface area contributed by atoms with Crippen LogP contribution in [-0.2, 0) is 15.1 Å². The van der Waals surface area contributed by atoms with E-state index >= 15 is 0 Å². The van der Waals surface area contributed by atoms with Crippen molar-refractivity contribution in [3.63, 3.8) is 0 Å². The van der Waals surface area contributed by atoms with Gasteiger partial charge in [0.25, 0.3) is 5.91 Å². The molecule has 0 radical (unpaired) electrons. The number of carbonyl (C=O) groups is 1. The Balaban J connectivity index is 1.82. The molecular formula is C19H18ClNO3. The van der Waals surface area contributed by atoms with Crippen molar-refractivity contribution >= 4 is 23.2 Å². The van der Waals surface area contributed by atoms with Gasteiger partial charge in [0.1, 0.15) is 0 Å². The number of anilines is 1. The fraction of sp³-hybridized carbons (Fsp3) is 0.316. The van der Waals surface area contributed by atoms with Crippen molar-refractivity contribution in [1.29, 1.82) is 0 Å². The Hall–Kier alpha value is -1.88. The summed E-state index contributed by atoms with van der Waals surface area (Å²) in [5.41, 5.74) is 1.31. The van der Waals surface area contributed by atoms with E-state index in [1.165, 1.54) is 0 Å². The van der Waals surface area contributed by atoms with E-state index in [1.807, 2.05) is 36.4 Å². The van der Waals surface area contributed by atoms with Gasteiger partial charge in [-0.15, -0.1) is 0 Å². The molecule has 0 aliphatic carbocycles. The monoisotopic (exact) mass is 343 g/mol. The third-order valence-corrected chi connectivity index (χ3v) is 5.16. The minimum atomic E-state index is -1.17. The zero-order valence-electron chi connectivity index (χ0n) is 13.3. The minimum Gasteiger partial charge on any atom is -0.393 e. The molecule has 2 aliphatic rings. The number of fused-ring (bicyclic) bond motifs is 2. The molecule has 1 amide bonds. The van der Waals surface area contributed by atoms with Crippen molar-refractivity contribution in [2.24, 2.45) is 0 Å². The summed E-state index contributed by atoms with van der Waals surface area (Å²) in [4.78, 5) is 14.6. The second-order valence-electron chi connectivity index (χ2n) is 6.46. The summed E-state index contributed by atoms with van der Waals surface area (Å²) >= 11 is 6.16. The standard InChI is InChI=1S/C19H18ClNO3/c1-21-16-8-7-13(20)9-15(16)19(18(21)23)11-14(22)10-17(24-19)12-5-3-2-4-6-12/h2-9,14,17,22H,10-11H2,1H3/t14-,17+,19-/m0/s1. The zero-order valence-corrected chi connectivity index (χ0v) is 14.0. The summed E-state index contributed by atoms with van der Waals surface area (Å²) in [6.45, 7) is 0. The van der Waals surface area contributed by atoms with Crippen LogP contribution in [0.4, 0.5) is 5.69 Å². The molecular weight excluding hydrogens is 326 g/mol. The van der Waals surface area contributed by atoms with E-state index in [0.717, 1.165) is 16.8 Å². The van der Waals surface area contributed by atoms with Crippen LogP contribution in [-0.4, -0.2) is 24.2 Å². The maximum Gasteiger partial charge on any atom is 0.263 e. The van der Waals surface area contributed by atoms with Gasteiger partial charge < -0.3 is 14.7 Å². The minimum absolute atomic E-state index is 0.153. The second-order valence-corrected chi connectivity index (χ2v) is 6.90. The van der Waals surface area contributed by atoms with Gasteiger partial charge in [0.15, 0.2) is 5.60 Å². The predicted octanol–water partition coefficient (Wildman–Crippen LogP) is 3.42. The first kappa shape index (κ1) is 15.6. The van der Waals surface area contributed by atoms with E-state index < -0.39 is 11.7 Å². The number of aliphatic hydroxyl groups excluding tert-OH is 1. The molecule has 4 rings (SSSR count). The Bertz CT molecular complexity index is 794. The number of nitrogens with zero attached hydrogens (tertiary/aromatic N) is 1. The van der Waals surface area contributed by atoms with E-state index in [2.05, 4.69) is 0 Å². The normalized spacial score (nSPS) is 29.1. The highest BCUT2D eigenvalue weighted by Gasteiger charge is 2.55. The Labute approximate surface area is 145 Å². The van der Waals surface area contributed by atoms with E-state index in [0.29, 0.717) is 11.4 Å². The first-order chi connectivity index (χ1) is 11.5. The molecule has 3 atom stereocenters. The molecule has 0 saturated carbocycles. The van der Waals surface area contributed by atoms with Crippen LogP contribution in [0.3, 0.4) is 0 Å². The number of likely N-dealkylation sites (N-methyl/N-ethyl adjacent to an activating group) is 1. The molecule has 124 valence electrons. The highest BCUT2D eigenvalue weighted by atomic mass is 35.5. The van der Waals surface area contributed by atoms with Gasteiger partial charge in [-0.05, 0) is 23.8 Å². The summed E-state index contributed by atoms with van der Waals surface area (Å²) in [7, 11) is 1.73. The highest BCUT2D eigenvalue weighted by Crippen LogP contribution is 2.51. The Morgan fingerprint density at radius 1 is 1.25 bits per heavy atom. The third kappa shape index (κ3) is 2.25. The number of aliphatic hydroxyl groups is 1. The molecule has 1 N–H and O–H groups in total. The molecule has 2 heterocycles. The van der Waals surface area contributed by atoms with Crippen LogP contribution >= 0.6 is 11.6 Å². The molecule has 2 aliphatic heterocycles. The van der Waals surface area contributed by atoms with Gasteiger partial charge >= 0.3 is 0 Å². The molecule has 2 aromatic carbocycles. The first-order valence-corrected chi connectivity index (χ1v) is 8.38. The fourth-order valence-corrected chi connectivity index (χ4v) is 3.98. The summed E-state index contributed by atoms with van der Waals surface area (Å²) in [5, 5.41) is 11.0. The van der Waals surface area contributed by atoms with Crippen molar-refractivity contribution in [1.82, 2.24) is 0 Å². The van der Waals surface area contributed by atoms with Crippen LogP contribution in [0.25, 0.3) is 0 Å². The number of carbonyl (C=O) groups excluding carboxylic acids is 1. The lowest BCUT2D eigenvalue weighted by Gasteiger charge is -2.40. The molecule has 5 heteroatoms. The van der Waals surface area contributed by atoms with Crippen LogP contribution in [0.1, 0.15) is 30.1 Å². The summed E-state index contributed by atoms with van der Waals surface area (Å²) in [6, 6.07) is 15.1. The Morgan fingerprint density at radius 2 is 2.00 bits per heavy atom. The van der Waals surface area contributed by atoms with Crippen LogP contribution < -0.4 is 4.90 Å². The number of hydrogen-bond acceptors (Lipinski definition) is 3. The molecule has 1 fully saturated rings. The van der Waals surface area contributed by atoms with Crippen LogP contribution in [0, 0.1) is 0 Å². The van der Waals surface area contributed by atoms with Gasteiger partial charge in [-0.2, -0.15) is 0 Å². The largest absolute Gasteiger partial charge is 0.393 e. The predicted molar refractivity (Wildman–Crippen MR) is 92.0 cm³/mol. The SMILES string of the molecule is CN1C(=O)[C@]2(C[C@@H](O)C[C@H](c3ccccc3)O2)c2cc(Cl)ccc21. The molecule has 2 aromatic rings. The molecule has 1 spiro atoms. The summed E-state index contributed by atoms with van der Waals surface area (Å²) in [5.74, 6) is -0.153. The van der Waals surface area contributed by atoms with Crippen molar-refractivity contribution in [2.45, 2.75) is 30.7 Å². The van der Waals surface area contributed by atoms with Crippen molar-refractivity contribution in [3.05, 3.63) is 64.7 Å². The molecule has 0 aromatic heterocycles. The van der Waals surface area contributed by atoms with E-state index in [9.17, 15) is 9.90 Å². The lowest BCUT2D eigenvalue weighted by atomic mass is 9.83. The highest BCUT2D eigenvalue weighted by molar-refractivity contribution is 6.31. The van der Waals surface area contributed by atoms with Crippen LogP contribution in [0.15, 0.2) is 48.5 Å². The maximum absolute atomic E-state index is 13.0. The third-order valence-electron chi connectivity index (χ3n) is 4.93. The van der Waals surface area contributed by atoms with Crippen LogP contribution in [0.5, 0.6) is 0 Å². The average Bonchev–Trinajstić information content (AvgIpc) is 2.77. The van der Waals surface area contributed by atoms with Gasteiger partial charge in [0, 0.05) is 30.5 Å². The number of hydrogen-bond donors (Lipinski definition) is 1. The number of halogens is 1. The van der Waals surface area contributed by atoms with Gasteiger partial charge in [0.05, 0.1) is 17.9 Å². The lowest BCUT2D eigenvalue weighted by molar-refractivity contribution is -0.180. The molecule has 0 unspecified atom stereocenters. The van der Waals surface area contributed by atoms with Crippen molar-refractivity contribution in [3.8, 4) is 0 Å². The van der Waals surface area contributed by atoms with Crippen molar-refractivity contribution in [2.75, 3.05) is 11.9 Å². The Morgan fingerprint density at radius 3 is 2.75 bits per heavy atom. The van der Waals surface area contributed by atoms with Crippen molar-refractivity contribution < 1.29 is 14.6 Å². The second kappa shape index (κ2) is 5.59. The number of ether oxygens (including phenoxy) is 1. The zero-order chi connectivity index (χ0) is 16.9. The summed E-state index contributed by atoms with van der Waals surface area (Å²) < 4.78 is 6.35. The van der Waals surface area contributed by atoms with E-state index in [1.54, 1.807) is 24.1 Å². The lowest BCUT2D eigenvalue weighted by Crippen LogP contribution is -2.47. The van der Waals surface area contributed by atoms with Gasteiger partial charge in [0.2, 0.25) is 0 Å². The smallest absolute Gasteiger partial charge is 0.263 e. The fourth-order valence-electron chi connectivity index (χ4n) is 3.80. The topological polar surface area (TPSA) is 49.8 Å². The van der Waals surface area contributed by atoms with Gasteiger partial charge in [-0.3, -0.25) is 4.79 Å². The molecule has 0 bridgehead atoms. The number of amides is 1. The Kier molecular flexibility index (Phi) is 3.64. The number of rotatable bonds is 1. The maximum atomic E-state index is 13.0. The van der Waals surface area contributed by atoms with E-state index in [4.69, 9.17) is 16.3 Å². The molecule has 4 nitrogen and oxygen atoms in total. The van der Waals surface area contributed by atoms with E-state index in [-0.39, 0.29) is 18.4 Å². The quantitative estimate of drug-likeness (QED) is 0.863. The summed E-state index contributed by atoms with van der Waals surface area (Å²) in [6.07, 6.45) is -0.241. The number of benzene rings is 2. The van der Waals surface area contributed by atoms with Gasteiger partial charge in [-0.1, -0.05) is 41.9 Å². The van der Waals surface area contributed by atoms with Gasteiger partial charge in [-0.25, -0.2) is 0 Å².